The molecule has 3 aromatic rings. The van der Waals surface area contributed by atoms with E-state index in [1.54, 1.807) is 12.1 Å². The van der Waals surface area contributed by atoms with Crippen LogP contribution in [0.4, 0.5) is 4.79 Å². The number of hydrogen-bond acceptors (Lipinski definition) is 4. The van der Waals surface area contributed by atoms with Crippen LogP contribution in [0.1, 0.15) is 43.0 Å². The Morgan fingerprint density at radius 1 is 0.711 bits per heavy atom. The van der Waals surface area contributed by atoms with Crippen LogP contribution in [-0.4, -0.2) is 42.0 Å². The Morgan fingerprint density at radius 2 is 1.32 bits per heavy atom. The predicted molar refractivity (Wildman–Crippen MR) is 144 cm³/mol. The van der Waals surface area contributed by atoms with Crippen molar-refractivity contribution in [1.29, 1.82) is 0 Å². The summed E-state index contributed by atoms with van der Waals surface area (Å²) < 4.78 is 0. The summed E-state index contributed by atoms with van der Waals surface area (Å²) in [5.74, 6) is -1.99. The van der Waals surface area contributed by atoms with Crippen molar-refractivity contribution in [2.45, 2.75) is 31.8 Å². The van der Waals surface area contributed by atoms with Crippen LogP contribution in [0.5, 0.6) is 0 Å². The number of nitrogens with one attached hydrogen (secondary N) is 4. The topological polar surface area (TPSA) is 137 Å². The van der Waals surface area contributed by atoms with E-state index in [9.17, 15) is 24.3 Å². The molecule has 0 bridgehead atoms. The highest BCUT2D eigenvalue weighted by Gasteiger charge is 2.19. The van der Waals surface area contributed by atoms with E-state index < -0.39 is 29.9 Å². The van der Waals surface area contributed by atoms with Crippen LogP contribution < -0.4 is 21.3 Å². The molecule has 0 fully saturated rings. The Bertz CT molecular complexity index is 1220. The zero-order chi connectivity index (χ0) is 27.3. The van der Waals surface area contributed by atoms with Gasteiger partial charge in [-0.2, -0.15) is 0 Å². The number of amides is 4. The molecule has 3 aromatic carbocycles. The number of carbonyl (C=O) groups excluding carboxylic acids is 3. The van der Waals surface area contributed by atoms with Gasteiger partial charge in [0.05, 0.1) is 25.0 Å². The molecule has 2 atom stereocenters. The SMILES string of the molecule is C[C@@H](NC(=O)NCCC(=O)NCC(=O)NC(CC(=O)O)c1ccc(-c2ccccc2)cc1)c1ccccc1. The van der Waals surface area contributed by atoms with Crippen molar-refractivity contribution in [3.8, 4) is 11.1 Å². The molecule has 3 rings (SSSR count). The maximum absolute atomic E-state index is 12.4. The molecule has 0 radical (unpaired) electrons. The van der Waals surface area contributed by atoms with Gasteiger partial charge in [0.2, 0.25) is 11.8 Å². The first-order chi connectivity index (χ1) is 18.3. The van der Waals surface area contributed by atoms with E-state index in [-0.39, 0.29) is 32.0 Å². The fourth-order valence-corrected chi connectivity index (χ4v) is 3.84. The molecule has 0 heterocycles. The van der Waals surface area contributed by atoms with Gasteiger partial charge < -0.3 is 26.4 Å². The molecule has 38 heavy (non-hydrogen) atoms. The average molecular weight is 517 g/mol. The minimum atomic E-state index is -1.06. The first-order valence-corrected chi connectivity index (χ1v) is 12.3. The highest BCUT2D eigenvalue weighted by molar-refractivity contribution is 5.85. The van der Waals surface area contributed by atoms with Crippen molar-refractivity contribution in [3.05, 3.63) is 96.1 Å². The molecule has 0 saturated carbocycles. The minimum Gasteiger partial charge on any atom is -0.481 e. The maximum Gasteiger partial charge on any atom is 0.315 e. The molecule has 0 aliphatic carbocycles. The smallest absolute Gasteiger partial charge is 0.315 e. The van der Waals surface area contributed by atoms with E-state index in [0.717, 1.165) is 16.7 Å². The molecule has 0 aliphatic rings. The van der Waals surface area contributed by atoms with E-state index in [1.807, 2.05) is 79.7 Å². The number of urea groups is 1. The van der Waals surface area contributed by atoms with Crippen LogP contribution in [0, 0.1) is 0 Å². The van der Waals surface area contributed by atoms with E-state index in [1.165, 1.54) is 0 Å². The van der Waals surface area contributed by atoms with Gasteiger partial charge in [0.15, 0.2) is 0 Å². The number of rotatable bonds is 12. The second-order valence-corrected chi connectivity index (χ2v) is 8.77. The summed E-state index contributed by atoms with van der Waals surface area (Å²) in [6, 6.07) is 25.2. The molecule has 0 saturated heterocycles. The number of aliphatic carboxylic acids is 1. The summed E-state index contributed by atoms with van der Waals surface area (Å²) >= 11 is 0. The summed E-state index contributed by atoms with van der Waals surface area (Å²) in [7, 11) is 0. The Labute approximate surface area is 221 Å². The zero-order valence-corrected chi connectivity index (χ0v) is 21.1. The van der Waals surface area contributed by atoms with E-state index in [0.29, 0.717) is 5.56 Å². The van der Waals surface area contributed by atoms with Crippen LogP contribution >= 0.6 is 0 Å². The summed E-state index contributed by atoms with van der Waals surface area (Å²) in [5, 5.41) is 19.9. The number of benzene rings is 3. The van der Waals surface area contributed by atoms with Crippen molar-refractivity contribution in [1.82, 2.24) is 21.3 Å². The number of hydrogen-bond donors (Lipinski definition) is 5. The second kappa shape index (κ2) is 14.2. The third-order valence-corrected chi connectivity index (χ3v) is 5.87. The lowest BCUT2D eigenvalue weighted by Crippen LogP contribution is -2.41. The van der Waals surface area contributed by atoms with Gasteiger partial charge >= 0.3 is 12.0 Å². The number of carboxylic acid groups (broad SMARTS) is 1. The maximum atomic E-state index is 12.4. The monoisotopic (exact) mass is 516 g/mol. The molecular formula is C29H32N4O5. The lowest BCUT2D eigenvalue weighted by Gasteiger charge is -2.18. The van der Waals surface area contributed by atoms with Crippen molar-refractivity contribution in [2.24, 2.45) is 0 Å². The molecule has 0 spiro atoms. The first-order valence-electron chi connectivity index (χ1n) is 12.3. The van der Waals surface area contributed by atoms with Gasteiger partial charge in [-0.1, -0.05) is 84.9 Å². The molecule has 5 N–H and O–H groups in total. The van der Waals surface area contributed by atoms with Crippen molar-refractivity contribution in [3.63, 3.8) is 0 Å². The molecule has 198 valence electrons. The van der Waals surface area contributed by atoms with Gasteiger partial charge in [0.25, 0.3) is 0 Å². The number of carbonyl (C=O) groups is 4. The second-order valence-electron chi connectivity index (χ2n) is 8.77. The summed E-state index contributed by atoms with van der Waals surface area (Å²) in [6.07, 6.45) is -0.315. The van der Waals surface area contributed by atoms with Crippen LogP contribution in [0.3, 0.4) is 0 Å². The normalized spacial score (nSPS) is 12.0. The molecule has 4 amide bonds. The van der Waals surface area contributed by atoms with Crippen LogP contribution in [0.2, 0.25) is 0 Å². The zero-order valence-electron chi connectivity index (χ0n) is 21.1. The van der Waals surface area contributed by atoms with Crippen LogP contribution in [0.15, 0.2) is 84.9 Å². The highest BCUT2D eigenvalue weighted by Crippen LogP contribution is 2.23. The largest absolute Gasteiger partial charge is 0.481 e. The lowest BCUT2D eigenvalue weighted by atomic mass is 9.99. The molecule has 0 aliphatic heterocycles. The van der Waals surface area contributed by atoms with Crippen LogP contribution in [0.25, 0.3) is 11.1 Å². The highest BCUT2D eigenvalue weighted by atomic mass is 16.4. The lowest BCUT2D eigenvalue weighted by molar-refractivity contribution is -0.138. The standard InChI is InChI=1S/C29H32N4O5/c1-20(21-8-4-2-5-9-21)32-29(38)30-17-16-26(34)31-19-27(35)33-25(18-28(36)37)24-14-12-23(13-15-24)22-10-6-3-7-11-22/h2-15,20,25H,16-19H2,1H3,(H,31,34)(H,33,35)(H,36,37)(H2,30,32,38)/t20-,25?/m1/s1. The van der Waals surface area contributed by atoms with E-state index >= 15 is 0 Å². The van der Waals surface area contributed by atoms with Crippen LogP contribution in [-0.2, 0) is 14.4 Å². The van der Waals surface area contributed by atoms with E-state index in [4.69, 9.17) is 0 Å². The molecule has 0 aromatic heterocycles. The van der Waals surface area contributed by atoms with Gasteiger partial charge in [-0.3, -0.25) is 14.4 Å². The number of carboxylic acids is 1. The fraction of sp³-hybridized carbons (Fsp3) is 0.241. The minimum absolute atomic E-state index is 0.0140. The Kier molecular flexibility index (Phi) is 10.4. The molecular weight excluding hydrogens is 484 g/mol. The Morgan fingerprint density at radius 3 is 1.95 bits per heavy atom. The van der Waals surface area contributed by atoms with Gasteiger partial charge in [0, 0.05) is 13.0 Å². The van der Waals surface area contributed by atoms with Gasteiger partial charge in [-0.25, -0.2) is 4.79 Å². The Hall–Kier alpha value is -4.66. The quantitative estimate of drug-likeness (QED) is 0.251. The van der Waals surface area contributed by atoms with Gasteiger partial charge in [0.1, 0.15) is 0 Å². The molecule has 9 heteroatoms. The predicted octanol–water partition coefficient (Wildman–Crippen LogP) is 3.55. The summed E-state index contributed by atoms with van der Waals surface area (Å²) in [6.45, 7) is 1.64. The Balaban J connectivity index is 1.42. The van der Waals surface area contributed by atoms with Crippen molar-refractivity contribution >= 4 is 23.8 Å². The van der Waals surface area contributed by atoms with Crippen molar-refractivity contribution < 1.29 is 24.3 Å². The van der Waals surface area contributed by atoms with Crippen molar-refractivity contribution in [2.75, 3.05) is 13.1 Å². The first kappa shape index (κ1) is 27.9. The third kappa shape index (κ3) is 9.09. The average Bonchev–Trinajstić information content (AvgIpc) is 2.92. The van der Waals surface area contributed by atoms with Gasteiger partial charge in [-0.15, -0.1) is 0 Å². The van der Waals surface area contributed by atoms with E-state index in [2.05, 4.69) is 21.3 Å². The van der Waals surface area contributed by atoms with Gasteiger partial charge in [-0.05, 0) is 29.2 Å². The summed E-state index contributed by atoms with van der Waals surface area (Å²) in [5.41, 5.74) is 3.60. The molecule has 9 nitrogen and oxygen atoms in total. The fourth-order valence-electron chi connectivity index (χ4n) is 3.84. The summed E-state index contributed by atoms with van der Waals surface area (Å²) in [4.78, 5) is 48.0. The molecule has 1 unspecified atom stereocenters. The third-order valence-electron chi connectivity index (χ3n) is 5.87.